The van der Waals surface area contributed by atoms with Gasteiger partial charge in [0.15, 0.2) is 0 Å². The molecule has 0 saturated heterocycles. The van der Waals surface area contributed by atoms with Crippen molar-refractivity contribution in [3.8, 4) is 11.5 Å². The second kappa shape index (κ2) is 10.0. The van der Waals surface area contributed by atoms with E-state index in [2.05, 4.69) is 0 Å². The number of ketones is 2. The van der Waals surface area contributed by atoms with Gasteiger partial charge in [0.05, 0.1) is 12.8 Å². The van der Waals surface area contributed by atoms with E-state index < -0.39 is 11.9 Å². The van der Waals surface area contributed by atoms with Gasteiger partial charge >= 0.3 is 11.9 Å². The molecule has 0 radical (unpaired) electrons. The summed E-state index contributed by atoms with van der Waals surface area (Å²) in [4.78, 5) is 56.8. The molecule has 0 spiro atoms. The van der Waals surface area contributed by atoms with Crippen LogP contribution in [0.15, 0.2) is 18.2 Å². The molecular formula is C17H17IO7. The van der Waals surface area contributed by atoms with Gasteiger partial charge in [0, 0.05) is 47.1 Å². The molecule has 0 aliphatic rings. The lowest BCUT2D eigenvalue weighted by Gasteiger charge is -2.09. The van der Waals surface area contributed by atoms with E-state index in [0.29, 0.717) is 0 Å². The van der Waals surface area contributed by atoms with Crippen molar-refractivity contribution >= 4 is 49.9 Å². The molecule has 0 aromatic heterocycles. The van der Waals surface area contributed by atoms with E-state index >= 15 is 0 Å². The summed E-state index contributed by atoms with van der Waals surface area (Å²) in [7, 11) is 0. The molecule has 0 unspecified atom stereocenters. The van der Waals surface area contributed by atoms with Gasteiger partial charge in [-0.3, -0.25) is 14.4 Å². The molecule has 1 rings (SSSR count). The third kappa shape index (κ3) is 8.52. The number of carbonyl (C=O) groups excluding carboxylic acids is 5. The number of esters is 2. The molecule has 7 nitrogen and oxygen atoms in total. The zero-order valence-corrected chi connectivity index (χ0v) is 16.0. The minimum atomic E-state index is -0.637. The molecule has 0 amide bonds. The summed E-state index contributed by atoms with van der Waals surface area (Å²) >= 11 is 1.55. The predicted octanol–water partition coefficient (Wildman–Crippen LogP) is 2.81. The van der Waals surface area contributed by atoms with Gasteiger partial charge in [-0.2, -0.15) is 0 Å². The van der Waals surface area contributed by atoms with Crippen molar-refractivity contribution in [2.45, 2.75) is 39.5 Å². The molecule has 0 fully saturated rings. The second-order valence-electron chi connectivity index (χ2n) is 5.32. The van der Waals surface area contributed by atoms with E-state index in [0.717, 1.165) is 0 Å². The molecule has 25 heavy (non-hydrogen) atoms. The smallest absolute Gasteiger partial charge is 0.311 e. The third-order valence-electron chi connectivity index (χ3n) is 2.93. The van der Waals surface area contributed by atoms with Crippen LogP contribution in [0.25, 0.3) is 0 Å². The molecule has 1 aromatic rings. The monoisotopic (exact) mass is 460 g/mol. The zero-order valence-electron chi connectivity index (χ0n) is 13.8. The van der Waals surface area contributed by atoms with E-state index in [4.69, 9.17) is 9.47 Å². The highest BCUT2D eigenvalue weighted by Crippen LogP contribution is 2.25. The highest BCUT2D eigenvalue weighted by Gasteiger charge is 2.14. The second-order valence-corrected chi connectivity index (χ2v) is 6.30. The molecule has 134 valence electrons. The molecule has 0 atom stereocenters. The van der Waals surface area contributed by atoms with Crippen LogP contribution in [-0.2, 0) is 19.2 Å². The third-order valence-corrected chi connectivity index (χ3v) is 3.56. The Morgan fingerprint density at radius 1 is 0.760 bits per heavy atom. The number of rotatable bonds is 9. The number of hydrogen-bond acceptors (Lipinski definition) is 7. The van der Waals surface area contributed by atoms with Crippen LogP contribution in [-0.4, -0.2) is 27.3 Å². The molecular weight excluding hydrogens is 443 g/mol. The van der Waals surface area contributed by atoms with Crippen LogP contribution >= 0.6 is 22.6 Å². The lowest BCUT2D eigenvalue weighted by molar-refractivity contribution is -0.136. The van der Waals surface area contributed by atoms with Crippen LogP contribution in [0, 0.1) is 0 Å². The average molecular weight is 460 g/mol. The van der Waals surface area contributed by atoms with Gasteiger partial charge in [-0.05, 0) is 26.0 Å². The van der Waals surface area contributed by atoms with Crippen LogP contribution < -0.4 is 9.47 Å². The first-order valence-corrected chi connectivity index (χ1v) is 8.50. The summed E-state index contributed by atoms with van der Waals surface area (Å²) in [6.07, 6.45) is -0.0792. The van der Waals surface area contributed by atoms with Gasteiger partial charge < -0.3 is 19.1 Å². The van der Waals surface area contributed by atoms with E-state index in [1.807, 2.05) is 0 Å². The standard InChI is InChI=1S/C17H17IO7/c1-10(19)3-5-15(21)24-13-7-12(17(18)23)8-14(9-13)25-16(22)6-4-11(2)20/h7-9H,3-6H2,1-2H3. The lowest BCUT2D eigenvalue weighted by atomic mass is 10.2. The fourth-order valence-corrected chi connectivity index (χ4v) is 2.04. The molecule has 8 heteroatoms. The Bertz CT molecular complexity index is 659. The molecule has 0 saturated carbocycles. The van der Waals surface area contributed by atoms with Crippen molar-refractivity contribution in [3.05, 3.63) is 23.8 Å². The highest BCUT2D eigenvalue weighted by atomic mass is 127. The van der Waals surface area contributed by atoms with E-state index in [-0.39, 0.29) is 58.1 Å². The predicted molar refractivity (Wildman–Crippen MR) is 95.9 cm³/mol. The topological polar surface area (TPSA) is 104 Å². The molecule has 1 aromatic carbocycles. The maximum absolute atomic E-state index is 11.7. The number of halogens is 1. The molecule has 0 heterocycles. The number of benzene rings is 1. The molecule has 0 aliphatic carbocycles. The van der Waals surface area contributed by atoms with Gasteiger partial charge in [0.2, 0.25) is 3.79 Å². The Labute approximate surface area is 158 Å². The van der Waals surface area contributed by atoms with Gasteiger partial charge in [0.1, 0.15) is 23.1 Å². The van der Waals surface area contributed by atoms with Crippen molar-refractivity contribution in [2.24, 2.45) is 0 Å². The van der Waals surface area contributed by atoms with Crippen molar-refractivity contribution in [1.29, 1.82) is 0 Å². The maximum Gasteiger partial charge on any atom is 0.311 e. The summed E-state index contributed by atoms with van der Waals surface area (Å²) < 4.78 is 9.83. The Balaban J connectivity index is 2.88. The van der Waals surface area contributed by atoms with Crippen LogP contribution in [0.1, 0.15) is 49.9 Å². The molecule has 0 bridgehead atoms. The first-order valence-electron chi connectivity index (χ1n) is 7.42. The first kappa shape index (κ1) is 20.9. The Morgan fingerprint density at radius 3 is 1.48 bits per heavy atom. The summed E-state index contributed by atoms with van der Waals surface area (Å²) in [5, 5.41) is 0. The van der Waals surface area contributed by atoms with Crippen molar-refractivity contribution in [3.63, 3.8) is 0 Å². The van der Waals surface area contributed by atoms with Gasteiger partial charge in [0.25, 0.3) is 0 Å². The Hall–Kier alpha value is -2.10. The fraction of sp³-hybridized carbons (Fsp3) is 0.353. The normalized spacial score (nSPS) is 10.0. The quantitative estimate of drug-likeness (QED) is 0.242. The minimum Gasteiger partial charge on any atom is -0.426 e. The Morgan fingerprint density at radius 2 is 1.16 bits per heavy atom. The van der Waals surface area contributed by atoms with Crippen molar-refractivity contribution in [2.75, 3.05) is 0 Å². The first-order chi connectivity index (χ1) is 11.7. The maximum atomic E-state index is 11.7. The van der Waals surface area contributed by atoms with Gasteiger partial charge in [-0.1, -0.05) is 0 Å². The zero-order chi connectivity index (χ0) is 19.0. The largest absolute Gasteiger partial charge is 0.426 e. The number of ether oxygens (including phenoxy) is 2. The van der Waals surface area contributed by atoms with Crippen LogP contribution in [0.2, 0.25) is 0 Å². The van der Waals surface area contributed by atoms with Crippen molar-refractivity contribution < 1.29 is 33.4 Å². The van der Waals surface area contributed by atoms with Crippen LogP contribution in [0.3, 0.4) is 0 Å². The van der Waals surface area contributed by atoms with Crippen LogP contribution in [0.5, 0.6) is 11.5 Å². The summed E-state index contributed by atoms with van der Waals surface area (Å²) in [5.41, 5.74) is 0.187. The number of carbonyl (C=O) groups is 5. The molecule has 0 N–H and O–H groups in total. The number of Topliss-reactive ketones (excluding diaryl/α,β-unsaturated/α-hetero) is 2. The van der Waals surface area contributed by atoms with Crippen LogP contribution in [0.4, 0.5) is 0 Å². The summed E-state index contributed by atoms with van der Waals surface area (Å²) in [6.45, 7) is 2.72. The lowest BCUT2D eigenvalue weighted by Crippen LogP contribution is -2.12. The summed E-state index contributed by atoms with van der Waals surface area (Å²) in [6, 6.07) is 3.97. The fourth-order valence-electron chi connectivity index (χ4n) is 1.72. The average Bonchev–Trinajstić information content (AvgIpc) is 2.50. The minimum absolute atomic E-state index is 0.0328. The van der Waals surface area contributed by atoms with E-state index in [9.17, 15) is 24.0 Å². The Kier molecular flexibility index (Phi) is 8.39. The van der Waals surface area contributed by atoms with E-state index in [1.54, 1.807) is 22.6 Å². The summed E-state index contributed by atoms with van der Waals surface area (Å²) in [5.74, 6) is -1.50. The highest BCUT2D eigenvalue weighted by molar-refractivity contribution is 14.1. The van der Waals surface area contributed by atoms with Gasteiger partial charge in [-0.15, -0.1) is 0 Å². The van der Waals surface area contributed by atoms with Gasteiger partial charge in [-0.25, -0.2) is 0 Å². The SMILES string of the molecule is CC(=O)CCC(=O)Oc1cc(OC(=O)CCC(C)=O)cc(C(=O)I)c1. The van der Waals surface area contributed by atoms with Crippen molar-refractivity contribution in [1.82, 2.24) is 0 Å². The van der Waals surface area contributed by atoms with E-state index in [1.165, 1.54) is 32.0 Å². The number of hydrogen-bond donors (Lipinski definition) is 0. The molecule has 0 aliphatic heterocycles.